The summed E-state index contributed by atoms with van der Waals surface area (Å²) in [5, 5.41) is 0.171. The van der Waals surface area contributed by atoms with E-state index in [9.17, 15) is 8.42 Å². The molecule has 1 aromatic heterocycles. The second kappa shape index (κ2) is 6.08. The largest absolute Gasteiger partial charge is 0.348 e. The molecule has 2 aromatic carbocycles. The highest BCUT2D eigenvalue weighted by molar-refractivity contribution is 7.91. The van der Waals surface area contributed by atoms with Crippen molar-refractivity contribution in [1.29, 1.82) is 0 Å². The molecule has 126 valence electrons. The Labute approximate surface area is 150 Å². The zero-order valence-electron chi connectivity index (χ0n) is 13.1. The van der Waals surface area contributed by atoms with E-state index in [0.29, 0.717) is 10.6 Å². The van der Waals surface area contributed by atoms with Crippen LogP contribution in [0.25, 0.3) is 10.9 Å². The lowest BCUT2D eigenvalue weighted by Crippen LogP contribution is -2.22. The maximum absolute atomic E-state index is 12.8. The highest BCUT2D eigenvalue weighted by Crippen LogP contribution is 2.33. The van der Waals surface area contributed by atoms with Gasteiger partial charge in [0.2, 0.25) is 0 Å². The van der Waals surface area contributed by atoms with Crippen molar-refractivity contribution in [3.05, 3.63) is 63.8 Å². The Hall–Kier alpha value is -1.53. The Morgan fingerprint density at radius 3 is 2.46 bits per heavy atom. The summed E-state index contributed by atoms with van der Waals surface area (Å²) in [4.78, 5) is -0.0228. The summed E-state index contributed by atoms with van der Waals surface area (Å²) in [6.45, 7) is 1.99. The van der Waals surface area contributed by atoms with Crippen LogP contribution in [0.1, 0.15) is 16.6 Å². The van der Waals surface area contributed by atoms with Gasteiger partial charge in [-0.05, 0) is 48.9 Å². The van der Waals surface area contributed by atoms with Gasteiger partial charge in [0.05, 0.1) is 9.92 Å². The van der Waals surface area contributed by atoms with E-state index >= 15 is 0 Å². The third-order valence-electron chi connectivity index (χ3n) is 4.17. The average Bonchev–Trinajstić information content (AvgIpc) is 2.80. The third kappa shape index (κ3) is 2.82. The van der Waals surface area contributed by atoms with Crippen molar-refractivity contribution in [2.24, 2.45) is 12.8 Å². The van der Waals surface area contributed by atoms with Crippen LogP contribution >= 0.6 is 23.2 Å². The molecule has 0 fully saturated rings. The fraction of sp³-hybridized carbons (Fsp3) is 0.176. The van der Waals surface area contributed by atoms with E-state index in [1.54, 1.807) is 12.1 Å². The lowest BCUT2D eigenvalue weighted by atomic mass is 10.1. The Morgan fingerprint density at radius 1 is 1.08 bits per heavy atom. The van der Waals surface area contributed by atoms with Gasteiger partial charge in [0.25, 0.3) is 0 Å². The van der Waals surface area contributed by atoms with Crippen molar-refractivity contribution in [1.82, 2.24) is 4.57 Å². The molecule has 0 radical (unpaired) electrons. The van der Waals surface area contributed by atoms with E-state index in [1.807, 2.05) is 30.7 Å². The fourth-order valence-corrected chi connectivity index (χ4v) is 4.80. The molecule has 1 unspecified atom stereocenters. The van der Waals surface area contributed by atoms with Gasteiger partial charge in [-0.1, -0.05) is 29.3 Å². The Bertz CT molecular complexity index is 1040. The van der Waals surface area contributed by atoms with Crippen LogP contribution in [0.15, 0.2) is 47.4 Å². The zero-order valence-corrected chi connectivity index (χ0v) is 15.5. The van der Waals surface area contributed by atoms with Crippen LogP contribution < -0.4 is 5.73 Å². The lowest BCUT2D eigenvalue weighted by Gasteiger charge is -2.15. The van der Waals surface area contributed by atoms with E-state index in [0.717, 1.165) is 16.6 Å². The van der Waals surface area contributed by atoms with Crippen molar-refractivity contribution in [3.8, 4) is 0 Å². The van der Waals surface area contributed by atoms with Gasteiger partial charge in [-0.2, -0.15) is 0 Å². The number of nitrogens with two attached hydrogens (primary N) is 1. The number of fused-ring (bicyclic) bond motifs is 1. The third-order valence-corrected chi connectivity index (χ3v) is 6.74. The van der Waals surface area contributed by atoms with Gasteiger partial charge in [-0.25, -0.2) is 8.42 Å². The summed E-state index contributed by atoms with van der Waals surface area (Å²) in [6, 6.07) is 11.7. The van der Waals surface area contributed by atoms with E-state index in [1.165, 1.54) is 18.2 Å². The highest BCUT2D eigenvalue weighted by atomic mass is 35.5. The molecule has 0 saturated heterocycles. The SMILES string of the molecule is Cc1cc2cc(C(N)S(=O)(=O)c3ccc(Cl)cc3Cl)ccc2n1C. The molecule has 3 aromatic rings. The van der Waals surface area contributed by atoms with E-state index in [4.69, 9.17) is 28.9 Å². The van der Waals surface area contributed by atoms with E-state index in [2.05, 4.69) is 0 Å². The molecule has 0 bridgehead atoms. The second-order valence-electron chi connectivity index (χ2n) is 5.70. The monoisotopic (exact) mass is 382 g/mol. The number of aromatic nitrogens is 1. The van der Waals surface area contributed by atoms with Crippen LogP contribution in [-0.2, 0) is 16.9 Å². The molecule has 1 heterocycles. The number of aryl methyl sites for hydroxylation is 2. The molecule has 0 aliphatic heterocycles. The molecule has 1 atom stereocenters. The van der Waals surface area contributed by atoms with Crippen LogP contribution in [0.5, 0.6) is 0 Å². The van der Waals surface area contributed by atoms with Crippen molar-refractivity contribution in [2.45, 2.75) is 17.2 Å². The Kier molecular flexibility index (Phi) is 4.38. The van der Waals surface area contributed by atoms with Crippen molar-refractivity contribution in [2.75, 3.05) is 0 Å². The molecule has 24 heavy (non-hydrogen) atoms. The van der Waals surface area contributed by atoms with E-state index < -0.39 is 15.2 Å². The first-order valence-corrected chi connectivity index (χ1v) is 9.52. The van der Waals surface area contributed by atoms with Gasteiger partial charge in [0.15, 0.2) is 9.84 Å². The fourth-order valence-electron chi connectivity index (χ4n) is 2.70. The summed E-state index contributed by atoms with van der Waals surface area (Å²) in [5.41, 5.74) is 8.68. The molecule has 0 saturated carbocycles. The van der Waals surface area contributed by atoms with Gasteiger partial charge < -0.3 is 10.3 Å². The normalized spacial score (nSPS) is 13.4. The number of benzene rings is 2. The first-order valence-electron chi connectivity index (χ1n) is 7.22. The molecule has 4 nitrogen and oxygen atoms in total. The maximum atomic E-state index is 12.8. The summed E-state index contributed by atoms with van der Waals surface area (Å²) in [6.07, 6.45) is 0. The van der Waals surface area contributed by atoms with Crippen LogP contribution in [0.2, 0.25) is 10.0 Å². The number of sulfone groups is 1. The maximum Gasteiger partial charge on any atom is 0.199 e. The molecule has 7 heteroatoms. The predicted octanol–water partition coefficient (Wildman–Crippen LogP) is 4.22. The Morgan fingerprint density at radius 2 is 1.79 bits per heavy atom. The zero-order chi connectivity index (χ0) is 17.6. The minimum atomic E-state index is -3.83. The first kappa shape index (κ1) is 17.3. The topological polar surface area (TPSA) is 65.1 Å². The summed E-state index contributed by atoms with van der Waals surface area (Å²) in [7, 11) is -1.87. The lowest BCUT2D eigenvalue weighted by molar-refractivity contribution is 0.584. The van der Waals surface area contributed by atoms with Gasteiger partial charge in [0, 0.05) is 28.7 Å². The van der Waals surface area contributed by atoms with Crippen LogP contribution in [0, 0.1) is 6.92 Å². The van der Waals surface area contributed by atoms with Gasteiger partial charge >= 0.3 is 0 Å². The standard InChI is InChI=1S/C17H16Cl2N2O2S/c1-10-7-12-8-11(3-5-15(12)21(10)2)17(20)24(22,23)16-6-4-13(18)9-14(16)19/h3-9,17H,20H2,1-2H3. The van der Waals surface area contributed by atoms with Crippen molar-refractivity contribution in [3.63, 3.8) is 0 Å². The highest BCUT2D eigenvalue weighted by Gasteiger charge is 2.28. The quantitative estimate of drug-likeness (QED) is 0.736. The molecule has 0 aliphatic rings. The number of halogens is 2. The summed E-state index contributed by atoms with van der Waals surface area (Å²) in [5.74, 6) is 0. The molecular formula is C17H16Cl2N2O2S. The molecule has 0 spiro atoms. The molecule has 0 amide bonds. The second-order valence-corrected chi connectivity index (χ2v) is 8.58. The predicted molar refractivity (Wildman–Crippen MR) is 98.2 cm³/mol. The van der Waals surface area contributed by atoms with E-state index in [-0.39, 0.29) is 9.92 Å². The van der Waals surface area contributed by atoms with Gasteiger partial charge in [0.1, 0.15) is 5.37 Å². The number of rotatable bonds is 3. The van der Waals surface area contributed by atoms with Crippen LogP contribution in [0.3, 0.4) is 0 Å². The average molecular weight is 383 g/mol. The first-order chi connectivity index (χ1) is 11.2. The van der Waals surface area contributed by atoms with Crippen LogP contribution in [-0.4, -0.2) is 13.0 Å². The molecule has 2 N–H and O–H groups in total. The summed E-state index contributed by atoms with van der Waals surface area (Å²) < 4.78 is 27.7. The minimum absolute atomic E-state index is 0.0228. The van der Waals surface area contributed by atoms with Crippen molar-refractivity contribution >= 4 is 43.9 Å². The number of hydrogen-bond donors (Lipinski definition) is 1. The van der Waals surface area contributed by atoms with Crippen molar-refractivity contribution < 1.29 is 8.42 Å². The van der Waals surface area contributed by atoms with Gasteiger partial charge in [-0.3, -0.25) is 0 Å². The Balaban J connectivity index is 2.08. The minimum Gasteiger partial charge on any atom is -0.348 e. The molecule has 0 aliphatic carbocycles. The summed E-state index contributed by atoms with van der Waals surface area (Å²) >= 11 is 11.9. The van der Waals surface area contributed by atoms with Crippen LogP contribution in [0.4, 0.5) is 0 Å². The number of nitrogens with zero attached hydrogens (tertiary/aromatic N) is 1. The molecule has 3 rings (SSSR count). The molecular weight excluding hydrogens is 367 g/mol. The number of hydrogen-bond acceptors (Lipinski definition) is 3. The van der Waals surface area contributed by atoms with Gasteiger partial charge in [-0.15, -0.1) is 0 Å². The smallest absolute Gasteiger partial charge is 0.199 e.